The van der Waals surface area contributed by atoms with Crippen LogP contribution in [0.25, 0.3) is 5.69 Å². The molecular formula is C24H35N5OS. The average Bonchev–Trinajstić information content (AvgIpc) is 3.21. The van der Waals surface area contributed by atoms with Gasteiger partial charge in [0.15, 0.2) is 11.0 Å². The maximum atomic E-state index is 13.3. The van der Waals surface area contributed by atoms with Crippen molar-refractivity contribution >= 4 is 17.7 Å². The van der Waals surface area contributed by atoms with Crippen molar-refractivity contribution in [2.24, 2.45) is 0 Å². The number of hydrogen-bond donors (Lipinski definition) is 0. The number of benzene rings is 1. The largest absolute Gasteiger partial charge is 0.339 e. The van der Waals surface area contributed by atoms with E-state index >= 15 is 0 Å². The van der Waals surface area contributed by atoms with Crippen LogP contribution in [-0.4, -0.2) is 61.4 Å². The van der Waals surface area contributed by atoms with Gasteiger partial charge in [0.25, 0.3) is 0 Å². The van der Waals surface area contributed by atoms with Gasteiger partial charge in [0.05, 0.1) is 11.8 Å². The van der Waals surface area contributed by atoms with Gasteiger partial charge in [-0.25, -0.2) is 0 Å². The summed E-state index contributed by atoms with van der Waals surface area (Å²) in [5.74, 6) is 1.19. The Labute approximate surface area is 190 Å². The summed E-state index contributed by atoms with van der Waals surface area (Å²) in [5, 5.41) is 9.74. The second kappa shape index (κ2) is 10.6. The molecule has 1 aromatic carbocycles. The lowest BCUT2D eigenvalue weighted by Gasteiger charge is -2.36. The van der Waals surface area contributed by atoms with Crippen LogP contribution in [0.5, 0.6) is 0 Å². The normalized spacial score (nSPS) is 21.2. The van der Waals surface area contributed by atoms with Gasteiger partial charge in [-0.2, -0.15) is 0 Å². The van der Waals surface area contributed by atoms with E-state index in [1.54, 1.807) is 11.8 Å². The van der Waals surface area contributed by atoms with E-state index in [0.717, 1.165) is 62.1 Å². The van der Waals surface area contributed by atoms with Gasteiger partial charge in [0, 0.05) is 18.3 Å². The lowest BCUT2D eigenvalue weighted by atomic mass is 10.00. The molecule has 31 heavy (non-hydrogen) atoms. The summed E-state index contributed by atoms with van der Waals surface area (Å²) in [6.45, 7) is 8.12. The predicted octanol–water partition coefficient (Wildman–Crippen LogP) is 4.52. The van der Waals surface area contributed by atoms with Crippen LogP contribution >= 0.6 is 11.8 Å². The molecule has 1 amide bonds. The lowest BCUT2D eigenvalue weighted by molar-refractivity contribution is -0.134. The molecule has 2 fully saturated rings. The van der Waals surface area contributed by atoms with E-state index < -0.39 is 0 Å². The summed E-state index contributed by atoms with van der Waals surface area (Å²) < 4.78 is 2.15. The Bertz CT molecular complexity index is 849. The quantitative estimate of drug-likeness (QED) is 0.591. The third-order valence-corrected chi connectivity index (χ3v) is 7.57. The molecule has 4 rings (SSSR count). The van der Waals surface area contributed by atoms with E-state index in [-0.39, 0.29) is 11.2 Å². The summed E-state index contributed by atoms with van der Waals surface area (Å²) in [6.07, 6.45) is 8.31. The number of nitrogens with zero attached hydrogens (tertiary/aromatic N) is 5. The monoisotopic (exact) mass is 441 g/mol. The molecule has 0 aliphatic carbocycles. The molecule has 0 saturated carbocycles. The van der Waals surface area contributed by atoms with Crippen molar-refractivity contribution in [2.45, 2.75) is 81.8 Å². The van der Waals surface area contributed by atoms with Crippen LogP contribution < -0.4 is 0 Å². The Kier molecular flexibility index (Phi) is 7.67. The van der Waals surface area contributed by atoms with Crippen LogP contribution in [0.1, 0.15) is 64.6 Å². The zero-order chi connectivity index (χ0) is 21.6. The van der Waals surface area contributed by atoms with Gasteiger partial charge in [-0.15, -0.1) is 10.2 Å². The van der Waals surface area contributed by atoms with E-state index in [0.29, 0.717) is 6.04 Å². The summed E-state index contributed by atoms with van der Waals surface area (Å²) in [7, 11) is 0. The average molecular weight is 442 g/mol. The highest BCUT2D eigenvalue weighted by Gasteiger charge is 2.30. The Balaban J connectivity index is 1.55. The summed E-state index contributed by atoms with van der Waals surface area (Å²) in [6, 6.07) is 10.7. The lowest BCUT2D eigenvalue weighted by Crippen LogP contribution is -2.46. The molecule has 2 atom stereocenters. The first-order valence-electron chi connectivity index (χ1n) is 11.9. The van der Waals surface area contributed by atoms with Crippen molar-refractivity contribution in [3.05, 3.63) is 36.2 Å². The zero-order valence-electron chi connectivity index (χ0n) is 18.9. The molecule has 2 aliphatic heterocycles. The van der Waals surface area contributed by atoms with Crippen molar-refractivity contribution in [1.82, 2.24) is 24.6 Å². The van der Waals surface area contributed by atoms with Gasteiger partial charge in [0.1, 0.15) is 0 Å². The first-order chi connectivity index (χ1) is 15.2. The minimum Gasteiger partial charge on any atom is -0.339 e. The van der Waals surface area contributed by atoms with Crippen LogP contribution in [0.4, 0.5) is 0 Å². The fraction of sp³-hybridized carbons (Fsp3) is 0.625. The van der Waals surface area contributed by atoms with Crippen molar-refractivity contribution in [3.8, 4) is 5.69 Å². The van der Waals surface area contributed by atoms with Crippen LogP contribution in [0.3, 0.4) is 0 Å². The zero-order valence-corrected chi connectivity index (χ0v) is 19.7. The van der Waals surface area contributed by atoms with Gasteiger partial charge in [-0.3, -0.25) is 14.3 Å². The molecule has 168 valence electrons. The molecule has 0 radical (unpaired) electrons. The van der Waals surface area contributed by atoms with E-state index in [1.165, 1.54) is 25.7 Å². The molecule has 0 bridgehead atoms. The molecular weight excluding hydrogens is 406 g/mol. The second-order valence-corrected chi connectivity index (χ2v) is 10.1. The molecule has 6 nitrogen and oxygen atoms in total. The maximum Gasteiger partial charge on any atom is 0.236 e. The highest BCUT2D eigenvalue weighted by molar-refractivity contribution is 8.00. The van der Waals surface area contributed by atoms with Gasteiger partial charge < -0.3 is 4.90 Å². The van der Waals surface area contributed by atoms with Crippen molar-refractivity contribution in [1.29, 1.82) is 0 Å². The number of piperidine rings is 2. The number of para-hydroxylation sites is 1. The van der Waals surface area contributed by atoms with E-state index in [4.69, 9.17) is 0 Å². The van der Waals surface area contributed by atoms with Gasteiger partial charge >= 0.3 is 0 Å². The molecule has 0 spiro atoms. The van der Waals surface area contributed by atoms with E-state index in [2.05, 4.69) is 43.6 Å². The molecule has 3 heterocycles. The van der Waals surface area contributed by atoms with Crippen LogP contribution in [0, 0.1) is 0 Å². The Morgan fingerprint density at radius 2 is 1.81 bits per heavy atom. The Hall–Kier alpha value is -1.86. The standard InChI is InChI=1S/C24H35N5OS/c1-3-20-12-8-11-17-28(20)23(30)19(2)31-24-26-25-22(18-27-15-9-5-10-16-27)29(24)21-13-6-4-7-14-21/h4,6-7,13-14,19-20H,3,5,8-12,15-18H2,1-2H3/t19-,20-/m0/s1. The molecule has 2 aromatic rings. The number of aromatic nitrogens is 3. The number of likely N-dealkylation sites (tertiary alicyclic amines) is 2. The highest BCUT2D eigenvalue weighted by atomic mass is 32.2. The predicted molar refractivity (Wildman–Crippen MR) is 125 cm³/mol. The third kappa shape index (κ3) is 5.32. The Morgan fingerprint density at radius 1 is 1.06 bits per heavy atom. The first kappa shape index (κ1) is 22.3. The molecule has 0 N–H and O–H groups in total. The smallest absolute Gasteiger partial charge is 0.236 e. The molecule has 2 aliphatic rings. The molecule has 7 heteroatoms. The second-order valence-electron chi connectivity index (χ2n) is 8.76. The maximum absolute atomic E-state index is 13.3. The fourth-order valence-corrected chi connectivity index (χ4v) is 5.75. The molecule has 2 saturated heterocycles. The SMILES string of the molecule is CC[C@H]1CCCCN1C(=O)[C@H](C)Sc1nnc(CN2CCCCC2)n1-c1ccccc1. The Morgan fingerprint density at radius 3 is 2.55 bits per heavy atom. The van der Waals surface area contributed by atoms with E-state index in [1.807, 2.05) is 25.1 Å². The minimum absolute atomic E-state index is 0.179. The number of carbonyl (C=O) groups excluding carboxylic acids is 1. The number of amides is 1. The van der Waals surface area contributed by atoms with Gasteiger partial charge in [-0.05, 0) is 70.7 Å². The highest BCUT2D eigenvalue weighted by Crippen LogP contribution is 2.29. The first-order valence-corrected chi connectivity index (χ1v) is 12.7. The fourth-order valence-electron chi connectivity index (χ4n) is 4.79. The summed E-state index contributed by atoms with van der Waals surface area (Å²) in [4.78, 5) is 17.9. The van der Waals surface area contributed by atoms with Crippen molar-refractivity contribution in [2.75, 3.05) is 19.6 Å². The van der Waals surface area contributed by atoms with Crippen LogP contribution in [0.15, 0.2) is 35.5 Å². The van der Waals surface area contributed by atoms with Crippen molar-refractivity contribution in [3.63, 3.8) is 0 Å². The minimum atomic E-state index is -0.179. The van der Waals surface area contributed by atoms with Crippen LogP contribution in [0.2, 0.25) is 0 Å². The summed E-state index contributed by atoms with van der Waals surface area (Å²) >= 11 is 1.54. The third-order valence-electron chi connectivity index (χ3n) is 6.54. The number of hydrogen-bond acceptors (Lipinski definition) is 5. The van der Waals surface area contributed by atoms with Crippen molar-refractivity contribution < 1.29 is 4.79 Å². The number of rotatable bonds is 7. The van der Waals surface area contributed by atoms with Gasteiger partial charge in [-0.1, -0.05) is 43.3 Å². The molecule has 1 aromatic heterocycles. The topological polar surface area (TPSA) is 54.3 Å². The number of thioether (sulfide) groups is 1. The van der Waals surface area contributed by atoms with Crippen LogP contribution in [-0.2, 0) is 11.3 Å². The summed E-state index contributed by atoms with van der Waals surface area (Å²) in [5.41, 5.74) is 1.06. The molecule has 0 unspecified atom stereocenters. The number of carbonyl (C=O) groups is 1. The van der Waals surface area contributed by atoms with E-state index in [9.17, 15) is 4.79 Å². The van der Waals surface area contributed by atoms with Gasteiger partial charge in [0.2, 0.25) is 5.91 Å².